The maximum Gasteiger partial charge on any atom is 0.534 e. The molecule has 13 heteroatoms. The Bertz CT molecular complexity index is 1470. The highest BCUT2D eigenvalue weighted by atomic mass is 32.2. The van der Waals surface area contributed by atoms with Crippen molar-refractivity contribution >= 4 is 31.7 Å². The molecule has 1 atom stereocenters. The van der Waals surface area contributed by atoms with Crippen LogP contribution in [0.1, 0.15) is 54.4 Å². The number of aryl methyl sites for hydroxylation is 1. The van der Waals surface area contributed by atoms with E-state index in [0.717, 1.165) is 43.7 Å². The quantitative estimate of drug-likeness (QED) is 0.390. The number of carbonyl (C=O) groups excluding carboxylic acids is 1. The summed E-state index contributed by atoms with van der Waals surface area (Å²) in [5.41, 5.74) is -5.43. The highest BCUT2D eigenvalue weighted by Crippen LogP contribution is 2.50. The van der Waals surface area contributed by atoms with Gasteiger partial charge in [-0.05, 0) is 55.9 Å². The molecule has 2 aromatic rings. The second-order valence-corrected chi connectivity index (χ2v) is 13.7. The third-order valence-corrected chi connectivity index (χ3v) is 10.5. The maximum atomic E-state index is 13.8. The Morgan fingerprint density at radius 2 is 1.63 bits per heavy atom. The number of fused-ring (bicyclic) bond motifs is 3. The average Bonchev–Trinajstić information content (AvgIpc) is 3.13. The molecule has 1 amide bonds. The van der Waals surface area contributed by atoms with Crippen molar-refractivity contribution in [3.8, 4) is 5.75 Å². The summed E-state index contributed by atoms with van der Waals surface area (Å²) in [5, 5.41) is 0. The molecule has 0 radical (unpaired) electrons. The van der Waals surface area contributed by atoms with E-state index in [9.17, 15) is 34.8 Å². The number of benzene rings is 2. The number of halogens is 3. The van der Waals surface area contributed by atoms with Crippen molar-refractivity contribution in [2.24, 2.45) is 5.41 Å². The van der Waals surface area contributed by atoms with Gasteiger partial charge in [-0.2, -0.15) is 21.6 Å². The summed E-state index contributed by atoms with van der Waals surface area (Å²) in [6.07, 6.45) is 5.52. The number of hydrogen-bond donors (Lipinski definition) is 0. The Labute approximate surface area is 219 Å². The third-order valence-electron chi connectivity index (χ3n) is 7.75. The van der Waals surface area contributed by atoms with Gasteiger partial charge < -0.3 is 9.08 Å². The van der Waals surface area contributed by atoms with Crippen LogP contribution in [0.15, 0.2) is 47.4 Å². The normalized spacial score (nSPS) is 21.7. The number of amides is 1. The summed E-state index contributed by atoms with van der Waals surface area (Å²) in [6, 6.07) is 9.16. The van der Waals surface area contributed by atoms with Gasteiger partial charge in [0.25, 0.3) is 15.9 Å². The molecule has 1 aliphatic carbocycles. The first-order valence-electron chi connectivity index (χ1n) is 12.3. The van der Waals surface area contributed by atoms with Crippen molar-refractivity contribution in [1.29, 1.82) is 0 Å². The van der Waals surface area contributed by atoms with E-state index in [0.29, 0.717) is 17.3 Å². The number of rotatable bonds is 4. The van der Waals surface area contributed by atoms with Crippen LogP contribution in [0.3, 0.4) is 0 Å². The molecule has 3 aliphatic rings. The molecular weight excluding hydrogens is 545 g/mol. The molecule has 0 bridgehead atoms. The summed E-state index contributed by atoms with van der Waals surface area (Å²) in [4.78, 5) is 15.5. The lowest BCUT2D eigenvalue weighted by molar-refractivity contribution is -0.0500. The van der Waals surface area contributed by atoms with Gasteiger partial charge in [0.05, 0.1) is 17.1 Å². The largest absolute Gasteiger partial charge is 0.534 e. The predicted octanol–water partition coefficient (Wildman–Crippen LogP) is 4.60. The summed E-state index contributed by atoms with van der Waals surface area (Å²) < 4.78 is 95.9. The number of alkyl halides is 3. The predicted molar refractivity (Wildman–Crippen MR) is 133 cm³/mol. The van der Waals surface area contributed by atoms with Crippen LogP contribution in [0.25, 0.3) is 0 Å². The van der Waals surface area contributed by atoms with Gasteiger partial charge in [0.2, 0.25) is 0 Å². The lowest BCUT2D eigenvalue weighted by Crippen LogP contribution is -2.43. The van der Waals surface area contributed by atoms with Crippen molar-refractivity contribution in [3.05, 3.63) is 53.6 Å². The molecule has 2 aliphatic heterocycles. The van der Waals surface area contributed by atoms with Crippen LogP contribution in [0.2, 0.25) is 0 Å². The number of anilines is 1. The van der Waals surface area contributed by atoms with E-state index >= 15 is 0 Å². The second kappa shape index (κ2) is 9.15. The van der Waals surface area contributed by atoms with Crippen LogP contribution in [0, 0.1) is 12.3 Å². The van der Waals surface area contributed by atoms with E-state index < -0.39 is 48.9 Å². The van der Waals surface area contributed by atoms with Crippen LogP contribution >= 0.6 is 0 Å². The Hall–Kier alpha value is -2.80. The van der Waals surface area contributed by atoms with E-state index in [1.54, 1.807) is 19.1 Å². The molecule has 8 nitrogen and oxygen atoms in total. The van der Waals surface area contributed by atoms with Crippen molar-refractivity contribution in [1.82, 2.24) is 4.31 Å². The van der Waals surface area contributed by atoms with Gasteiger partial charge in [0.15, 0.2) is 5.75 Å². The van der Waals surface area contributed by atoms with Gasteiger partial charge in [0, 0.05) is 12.6 Å². The van der Waals surface area contributed by atoms with E-state index in [2.05, 4.69) is 4.18 Å². The molecule has 1 unspecified atom stereocenters. The minimum Gasteiger partial charge on any atom is -0.375 e. The number of nitrogens with zero attached hydrogens (tertiary/aromatic N) is 2. The van der Waals surface area contributed by atoms with Crippen LogP contribution in [-0.2, 0) is 20.1 Å². The monoisotopic (exact) mass is 572 g/mol. The number of sulfonamides is 1. The molecular formula is C25H27F3N2O6S2. The zero-order valence-electron chi connectivity index (χ0n) is 20.6. The van der Waals surface area contributed by atoms with E-state index in [-0.39, 0.29) is 22.5 Å². The molecule has 2 aromatic carbocycles. The van der Waals surface area contributed by atoms with Gasteiger partial charge >= 0.3 is 15.6 Å². The average molecular weight is 573 g/mol. The minimum atomic E-state index is -6.12. The summed E-state index contributed by atoms with van der Waals surface area (Å²) in [6.45, 7) is 2.03. The number of hydrogen-bond acceptors (Lipinski definition) is 7. The first kappa shape index (κ1) is 26.8. The van der Waals surface area contributed by atoms with Crippen LogP contribution in [-0.4, -0.2) is 51.7 Å². The highest BCUT2D eigenvalue weighted by Gasteiger charge is 2.52. The first-order chi connectivity index (χ1) is 17.7. The molecule has 206 valence electrons. The van der Waals surface area contributed by atoms with Crippen molar-refractivity contribution in [2.45, 2.75) is 61.9 Å². The summed E-state index contributed by atoms with van der Waals surface area (Å²) >= 11 is 0. The lowest BCUT2D eigenvalue weighted by Gasteiger charge is -2.34. The van der Waals surface area contributed by atoms with Gasteiger partial charge in [-0.15, -0.1) is 0 Å². The fourth-order valence-corrected chi connectivity index (χ4v) is 7.81. The van der Waals surface area contributed by atoms with E-state index in [1.165, 1.54) is 24.3 Å². The zero-order valence-corrected chi connectivity index (χ0v) is 22.2. The molecule has 0 N–H and O–H groups in total. The fourth-order valence-electron chi connectivity index (χ4n) is 5.93. The topological polar surface area (TPSA) is 101 Å². The Kier molecular flexibility index (Phi) is 6.45. The van der Waals surface area contributed by atoms with Crippen molar-refractivity contribution in [3.63, 3.8) is 0 Å². The molecule has 1 spiro atoms. The lowest BCUT2D eigenvalue weighted by atomic mass is 9.72. The molecule has 5 rings (SSSR count). The molecule has 1 saturated carbocycles. The van der Waals surface area contributed by atoms with Gasteiger partial charge in [-0.3, -0.25) is 4.79 Å². The highest BCUT2D eigenvalue weighted by molar-refractivity contribution is 7.89. The van der Waals surface area contributed by atoms with E-state index in [1.807, 2.05) is 4.90 Å². The molecule has 38 heavy (non-hydrogen) atoms. The van der Waals surface area contributed by atoms with Crippen LogP contribution in [0.4, 0.5) is 18.9 Å². The molecule has 2 fully saturated rings. The van der Waals surface area contributed by atoms with Crippen molar-refractivity contribution < 1.29 is 39.0 Å². The van der Waals surface area contributed by atoms with E-state index in [4.69, 9.17) is 0 Å². The van der Waals surface area contributed by atoms with Gasteiger partial charge in [-0.1, -0.05) is 43.0 Å². The zero-order chi connectivity index (χ0) is 27.5. The smallest absolute Gasteiger partial charge is 0.375 e. The molecule has 2 heterocycles. The first-order valence-corrected chi connectivity index (χ1v) is 15.1. The number of carbonyl (C=O) groups is 1. The van der Waals surface area contributed by atoms with Gasteiger partial charge in [0.1, 0.15) is 5.56 Å². The minimum absolute atomic E-state index is 0.130. The Morgan fingerprint density at radius 1 is 0.974 bits per heavy atom. The van der Waals surface area contributed by atoms with Crippen LogP contribution in [0.5, 0.6) is 5.75 Å². The second-order valence-electron chi connectivity index (χ2n) is 10.3. The Balaban J connectivity index is 1.66. The summed E-state index contributed by atoms with van der Waals surface area (Å²) in [5.74, 6) is -2.00. The molecule has 1 saturated heterocycles. The summed E-state index contributed by atoms with van der Waals surface area (Å²) in [7, 11) is -10.6. The van der Waals surface area contributed by atoms with Crippen LogP contribution < -0.4 is 9.08 Å². The standard InChI is InChI=1S/C25H27F3N2O6S2/c1-17-8-10-19(11-9-17)37(32,33)30-15-18-14-24(12-3-2-4-13-24)16-29(18)20-6-5-7-21(22(20)23(30)31)36-38(34,35)25(26,27)28/h5-11,18H,2-4,12-16H2,1H3. The SMILES string of the molecule is Cc1ccc(S(=O)(=O)N2CC3CC4(CCCCC4)CN3c3cccc(OS(=O)(=O)C(F)(F)F)c3C2=O)cc1. The maximum absolute atomic E-state index is 13.8. The fraction of sp³-hybridized carbons (Fsp3) is 0.480. The van der Waals surface area contributed by atoms with Crippen molar-refractivity contribution in [2.75, 3.05) is 18.0 Å². The molecule has 0 aromatic heterocycles. The Morgan fingerprint density at radius 3 is 2.26 bits per heavy atom. The third kappa shape index (κ3) is 4.53. The van der Waals surface area contributed by atoms with Gasteiger partial charge in [-0.25, -0.2) is 12.7 Å².